The van der Waals surface area contributed by atoms with Gasteiger partial charge in [-0.3, -0.25) is 10.2 Å². The molecule has 0 aliphatic carbocycles. The van der Waals surface area contributed by atoms with Gasteiger partial charge in [0.25, 0.3) is 5.91 Å². The normalized spacial score (nSPS) is 17.7. The molecule has 5 heteroatoms. The van der Waals surface area contributed by atoms with Crippen LogP contribution in [-0.4, -0.2) is 54.0 Å². The molecule has 2 aromatic rings. The summed E-state index contributed by atoms with van der Waals surface area (Å²) in [6, 6.07) is 7.68. The number of rotatable bonds is 2. The van der Waals surface area contributed by atoms with Crippen molar-refractivity contribution < 1.29 is 4.79 Å². The second kappa shape index (κ2) is 5.03. The molecule has 1 aromatic heterocycles. The van der Waals surface area contributed by atoms with Crippen LogP contribution in [0.2, 0.25) is 0 Å². The number of H-pyrrole nitrogens is 1. The number of aromatic nitrogens is 1. The van der Waals surface area contributed by atoms with Gasteiger partial charge < -0.3 is 9.88 Å². The van der Waals surface area contributed by atoms with Gasteiger partial charge in [0.2, 0.25) is 0 Å². The Kier molecular flexibility index (Phi) is 3.23. The lowest BCUT2D eigenvalue weighted by Crippen LogP contribution is -2.52. The van der Waals surface area contributed by atoms with E-state index < -0.39 is 0 Å². The summed E-state index contributed by atoms with van der Waals surface area (Å²) in [4.78, 5) is 17.6. The van der Waals surface area contributed by atoms with Crippen molar-refractivity contribution in [3.8, 4) is 0 Å². The number of aromatic amines is 1. The molecule has 1 aromatic carbocycles. The fourth-order valence-electron chi connectivity index (χ4n) is 2.32. The Balaban J connectivity index is 1.69. The molecule has 1 aliphatic rings. The summed E-state index contributed by atoms with van der Waals surface area (Å²) >= 11 is 0. The first-order chi connectivity index (χ1) is 9.22. The van der Waals surface area contributed by atoms with Crippen LogP contribution < -0.4 is 5.43 Å². The fraction of sp³-hybridized carbons (Fsp3) is 0.357. The third-order valence-corrected chi connectivity index (χ3v) is 3.58. The number of hydrazine groups is 1. The van der Waals surface area contributed by atoms with E-state index in [2.05, 4.69) is 22.4 Å². The van der Waals surface area contributed by atoms with Crippen LogP contribution in [0.3, 0.4) is 0 Å². The number of fused-ring (bicyclic) bond motifs is 1. The maximum absolute atomic E-state index is 12.2. The number of carbonyl (C=O) groups excluding carboxylic acids is 1. The van der Waals surface area contributed by atoms with Crippen molar-refractivity contribution in [3.63, 3.8) is 0 Å². The molecule has 0 atom stereocenters. The standard InChI is InChI=1S/C14H18N4O/c1-17-6-8-18(9-7-17)16-14(19)12-2-3-13-11(10-12)4-5-15-13/h2-5,10,15H,6-9H2,1H3,(H,16,19). The predicted octanol–water partition coefficient (Wildman–Crippen LogP) is 1.06. The molecule has 2 heterocycles. The lowest BCUT2D eigenvalue weighted by Gasteiger charge is -2.32. The van der Waals surface area contributed by atoms with Crippen LogP contribution in [-0.2, 0) is 0 Å². The minimum absolute atomic E-state index is 0.0346. The molecule has 0 spiro atoms. The lowest BCUT2D eigenvalue weighted by molar-refractivity contribution is 0.0662. The van der Waals surface area contributed by atoms with Gasteiger partial charge in [-0.15, -0.1) is 0 Å². The van der Waals surface area contributed by atoms with Crippen LogP contribution in [0.1, 0.15) is 10.4 Å². The first kappa shape index (κ1) is 12.2. The average Bonchev–Trinajstić information content (AvgIpc) is 2.88. The van der Waals surface area contributed by atoms with Gasteiger partial charge in [-0.25, -0.2) is 5.01 Å². The molecule has 0 unspecified atom stereocenters. The van der Waals surface area contributed by atoms with Crippen molar-refractivity contribution in [2.24, 2.45) is 0 Å². The van der Waals surface area contributed by atoms with E-state index in [0.717, 1.165) is 37.1 Å². The number of hydrogen-bond donors (Lipinski definition) is 2. The van der Waals surface area contributed by atoms with Gasteiger partial charge in [0.15, 0.2) is 0 Å². The molecule has 0 saturated carbocycles. The monoisotopic (exact) mass is 258 g/mol. The van der Waals surface area contributed by atoms with Crippen molar-refractivity contribution in [1.29, 1.82) is 0 Å². The Bertz CT molecular complexity index is 584. The quantitative estimate of drug-likeness (QED) is 0.847. The Hall–Kier alpha value is -1.85. The second-order valence-electron chi connectivity index (χ2n) is 5.01. The van der Waals surface area contributed by atoms with Gasteiger partial charge >= 0.3 is 0 Å². The maximum Gasteiger partial charge on any atom is 0.265 e. The van der Waals surface area contributed by atoms with E-state index in [1.807, 2.05) is 35.5 Å². The molecule has 5 nitrogen and oxygen atoms in total. The number of piperazine rings is 1. The van der Waals surface area contributed by atoms with E-state index in [1.165, 1.54) is 0 Å². The molecule has 0 bridgehead atoms. The zero-order valence-electron chi connectivity index (χ0n) is 11.0. The summed E-state index contributed by atoms with van der Waals surface area (Å²) in [6.07, 6.45) is 1.88. The van der Waals surface area contributed by atoms with Gasteiger partial charge in [0, 0.05) is 48.8 Å². The molecule has 1 aliphatic heterocycles. The van der Waals surface area contributed by atoms with E-state index >= 15 is 0 Å². The van der Waals surface area contributed by atoms with Gasteiger partial charge in [0.1, 0.15) is 0 Å². The van der Waals surface area contributed by atoms with Crippen molar-refractivity contribution in [3.05, 3.63) is 36.0 Å². The summed E-state index contributed by atoms with van der Waals surface area (Å²) in [5.74, 6) is -0.0346. The van der Waals surface area contributed by atoms with Gasteiger partial charge in [-0.05, 0) is 31.3 Å². The molecular weight excluding hydrogens is 240 g/mol. The number of carbonyl (C=O) groups is 1. The first-order valence-electron chi connectivity index (χ1n) is 6.54. The molecule has 100 valence electrons. The maximum atomic E-state index is 12.2. The minimum atomic E-state index is -0.0346. The predicted molar refractivity (Wildman–Crippen MR) is 74.8 cm³/mol. The Morgan fingerprint density at radius 1 is 1.21 bits per heavy atom. The molecular formula is C14H18N4O. The van der Waals surface area contributed by atoms with Crippen LogP contribution in [0, 0.1) is 0 Å². The van der Waals surface area contributed by atoms with Crippen LogP contribution >= 0.6 is 0 Å². The molecule has 3 rings (SSSR count). The highest BCUT2D eigenvalue weighted by Gasteiger charge is 2.16. The average molecular weight is 258 g/mol. The van der Waals surface area contributed by atoms with Crippen molar-refractivity contribution in [2.75, 3.05) is 33.2 Å². The molecule has 0 radical (unpaired) electrons. The highest BCUT2D eigenvalue weighted by molar-refractivity contribution is 5.97. The molecule has 19 heavy (non-hydrogen) atoms. The number of hydrogen-bond acceptors (Lipinski definition) is 3. The summed E-state index contributed by atoms with van der Waals surface area (Å²) in [5.41, 5.74) is 4.72. The summed E-state index contributed by atoms with van der Waals surface area (Å²) in [6.45, 7) is 3.71. The Morgan fingerprint density at radius 2 is 2.00 bits per heavy atom. The van der Waals surface area contributed by atoms with Crippen LogP contribution in [0.25, 0.3) is 10.9 Å². The first-order valence-corrected chi connectivity index (χ1v) is 6.54. The van der Waals surface area contributed by atoms with E-state index in [0.29, 0.717) is 5.56 Å². The number of nitrogens with zero attached hydrogens (tertiary/aromatic N) is 2. The fourth-order valence-corrected chi connectivity index (χ4v) is 2.32. The van der Waals surface area contributed by atoms with E-state index in [9.17, 15) is 4.79 Å². The van der Waals surface area contributed by atoms with Crippen molar-refractivity contribution in [2.45, 2.75) is 0 Å². The molecule has 1 fully saturated rings. The number of likely N-dealkylation sites (N-methyl/N-ethyl adjacent to an activating group) is 1. The molecule has 1 saturated heterocycles. The third-order valence-electron chi connectivity index (χ3n) is 3.58. The van der Waals surface area contributed by atoms with Crippen LogP contribution in [0.5, 0.6) is 0 Å². The van der Waals surface area contributed by atoms with Gasteiger partial charge in [-0.2, -0.15) is 0 Å². The summed E-state index contributed by atoms with van der Waals surface area (Å²) in [5, 5.41) is 3.05. The zero-order chi connectivity index (χ0) is 13.2. The smallest absolute Gasteiger partial charge is 0.265 e. The van der Waals surface area contributed by atoms with Gasteiger partial charge in [-0.1, -0.05) is 0 Å². The van der Waals surface area contributed by atoms with Crippen LogP contribution in [0.15, 0.2) is 30.5 Å². The second-order valence-corrected chi connectivity index (χ2v) is 5.01. The van der Waals surface area contributed by atoms with Crippen molar-refractivity contribution in [1.82, 2.24) is 20.3 Å². The zero-order valence-corrected chi connectivity index (χ0v) is 11.0. The highest BCUT2D eigenvalue weighted by atomic mass is 16.2. The largest absolute Gasteiger partial charge is 0.361 e. The Morgan fingerprint density at radius 3 is 2.79 bits per heavy atom. The topological polar surface area (TPSA) is 51.4 Å². The van der Waals surface area contributed by atoms with Gasteiger partial charge in [0.05, 0.1) is 0 Å². The minimum Gasteiger partial charge on any atom is -0.361 e. The third kappa shape index (κ3) is 2.62. The lowest BCUT2D eigenvalue weighted by atomic mass is 10.1. The number of amides is 1. The highest BCUT2D eigenvalue weighted by Crippen LogP contribution is 2.14. The van der Waals surface area contributed by atoms with Crippen molar-refractivity contribution >= 4 is 16.8 Å². The Labute approximate surface area is 112 Å². The summed E-state index contributed by atoms with van der Waals surface area (Å²) in [7, 11) is 2.10. The molecule has 2 N–H and O–H groups in total. The summed E-state index contributed by atoms with van der Waals surface area (Å²) < 4.78 is 0. The SMILES string of the molecule is CN1CCN(NC(=O)c2ccc3[nH]ccc3c2)CC1. The van der Waals surface area contributed by atoms with Crippen LogP contribution in [0.4, 0.5) is 0 Å². The van der Waals surface area contributed by atoms with E-state index in [4.69, 9.17) is 0 Å². The van der Waals surface area contributed by atoms with E-state index in [1.54, 1.807) is 0 Å². The molecule has 1 amide bonds. The number of nitrogens with one attached hydrogen (secondary N) is 2. The number of benzene rings is 1. The van der Waals surface area contributed by atoms with E-state index in [-0.39, 0.29) is 5.91 Å².